The van der Waals surface area contributed by atoms with E-state index in [0.717, 1.165) is 56.7 Å². The molecular formula is C25H37N3O3S. The third-order valence-electron chi connectivity index (χ3n) is 6.04. The van der Waals surface area contributed by atoms with Gasteiger partial charge in [-0.15, -0.1) is 11.8 Å². The molecule has 2 fully saturated rings. The van der Waals surface area contributed by atoms with E-state index in [1.165, 1.54) is 11.3 Å². The molecule has 0 bridgehead atoms. The first-order chi connectivity index (χ1) is 15.3. The van der Waals surface area contributed by atoms with Crippen molar-refractivity contribution in [2.75, 3.05) is 25.4 Å². The fourth-order valence-corrected chi connectivity index (χ4v) is 5.76. The fourth-order valence-electron chi connectivity index (χ4n) is 4.62. The van der Waals surface area contributed by atoms with Crippen molar-refractivity contribution in [3.05, 3.63) is 24.3 Å². The molecule has 2 aliphatic rings. The number of rotatable bonds is 8. The Bertz CT molecular complexity index is 779. The molecule has 1 aromatic rings. The van der Waals surface area contributed by atoms with E-state index in [2.05, 4.69) is 43.5 Å². The van der Waals surface area contributed by atoms with E-state index >= 15 is 0 Å². The van der Waals surface area contributed by atoms with E-state index in [1.54, 1.807) is 11.8 Å². The van der Waals surface area contributed by atoms with Crippen molar-refractivity contribution in [3.63, 3.8) is 0 Å². The van der Waals surface area contributed by atoms with Gasteiger partial charge in [0.15, 0.2) is 0 Å². The Labute approximate surface area is 196 Å². The molecule has 1 aliphatic carbocycles. The molecule has 0 spiro atoms. The summed E-state index contributed by atoms with van der Waals surface area (Å²) >= 11 is 1.79. The van der Waals surface area contributed by atoms with Crippen LogP contribution in [0.2, 0.25) is 0 Å². The largest absolute Gasteiger partial charge is 0.462 e. The van der Waals surface area contributed by atoms with Gasteiger partial charge in [-0.1, -0.05) is 12.8 Å². The molecule has 1 aliphatic heterocycles. The van der Waals surface area contributed by atoms with Gasteiger partial charge in [-0.25, -0.2) is 0 Å². The maximum Gasteiger partial charge on any atom is 0.224 e. The zero-order valence-electron chi connectivity index (χ0n) is 19.6. The quantitative estimate of drug-likeness (QED) is 0.338. The van der Waals surface area contributed by atoms with Crippen molar-refractivity contribution in [1.82, 2.24) is 10.6 Å². The highest BCUT2D eigenvalue weighted by molar-refractivity contribution is 7.99. The predicted octanol–water partition coefficient (Wildman–Crippen LogP) is 4.50. The van der Waals surface area contributed by atoms with Crippen LogP contribution < -0.4 is 15.4 Å². The van der Waals surface area contributed by atoms with Gasteiger partial charge in [-0.3, -0.25) is 4.79 Å². The summed E-state index contributed by atoms with van der Waals surface area (Å²) in [5, 5.41) is 14.9. The number of hydrogen-bond acceptors (Lipinski definition) is 6. The van der Waals surface area contributed by atoms with Gasteiger partial charge in [0, 0.05) is 42.5 Å². The Morgan fingerprint density at radius 3 is 2.56 bits per heavy atom. The highest BCUT2D eigenvalue weighted by Gasteiger charge is 2.39. The number of carbonyl (C=O) groups is 1. The van der Waals surface area contributed by atoms with E-state index < -0.39 is 5.79 Å². The number of thioether (sulfide) groups is 1. The number of nitrogens with zero attached hydrogens (tertiary/aromatic N) is 1. The van der Waals surface area contributed by atoms with E-state index in [-0.39, 0.29) is 24.0 Å². The van der Waals surface area contributed by atoms with Crippen molar-refractivity contribution >= 4 is 17.7 Å². The first-order valence-electron chi connectivity index (χ1n) is 11.8. The molecule has 0 radical (unpaired) electrons. The van der Waals surface area contributed by atoms with Gasteiger partial charge >= 0.3 is 0 Å². The summed E-state index contributed by atoms with van der Waals surface area (Å²) in [4.78, 5) is 13.6. The van der Waals surface area contributed by atoms with Crippen LogP contribution in [0.3, 0.4) is 0 Å². The number of carbonyl (C=O) groups excluding carboxylic acids is 1. The number of amides is 1. The summed E-state index contributed by atoms with van der Waals surface area (Å²) in [6, 6.07) is 10.2. The van der Waals surface area contributed by atoms with Crippen LogP contribution >= 0.6 is 11.8 Å². The van der Waals surface area contributed by atoms with Crippen LogP contribution in [0.1, 0.15) is 59.3 Å². The molecule has 0 aromatic heterocycles. The molecule has 2 atom stereocenters. The third-order valence-corrected chi connectivity index (χ3v) is 7.24. The van der Waals surface area contributed by atoms with Crippen LogP contribution in [0, 0.1) is 23.2 Å². The van der Waals surface area contributed by atoms with Gasteiger partial charge in [-0.2, -0.15) is 5.26 Å². The zero-order valence-corrected chi connectivity index (χ0v) is 20.4. The van der Waals surface area contributed by atoms with Crippen LogP contribution in [-0.2, 0) is 9.53 Å². The Balaban J connectivity index is 1.58. The van der Waals surface area contributed by atoms with Crippen molar-refractivity contribution in [1.29, 1.82) is 5.26 Å². The molecule has 1 heterocycles. The zero-order chi connectivity index (χ0) is 23.0. The average Bonchev–Trinajstić information content (AvgIpc) is 2.76. The lowest BCUT2D eigenvalue weighted by atomic mass is 9.80. The minimum atomic E-state index is -0.593. The Hall–Kier alpha value is -1.75. The molecule has 1 aromatic carbocycles. The molecule has 176 valence electrons. The highest BCUT2D eigenvalue weighted by Crippen LogP contribution is 2.36. The van der Waals surface area contributed by atoms with Gasteiger partial charge < -0.3 is 20.1 Å². The summed E-state index contributed by atoms with van der Waals surface area (Å²) in [7, 11) is 0. The number of nitrogens with one attached hydrogen (secondary N) is 2. The van der Waals surface area contributed by atoms with Crippen molar-refractivity contribution in [2.24, 2.45) is 11.8 Å². The second-order valence-electron chi connectivity index (χ2n) is 9.79. The maximum atomic E-state index is 12.4. The summed E-state index contributed by atoms with van der Waals surface area (Å²) in [5.74, 6) is 1.54. The molecule has 1 amide bonds. The molecule has 2 N–H and O–H groups in total. The molecule has 1 saturated heterocycles. The summed E-state index contributed by atoms with van der Waals surface area (Å²) in [6.45, 7) is 8.06. The predicted molar refractivity (Wildman–Crippen MR) is 128 cm³/mol. The van der Waals surface area contributed by atoms with Crippen LogP contribution in [0.25, 0.3) is 0 Å². The van der Waals surface area contributed by atoms with E-state index in [9.17, 15) is 4.79 Å². The third kappa shape index (κ3) is 7.40. The minimum Gasteiger partial charge on any atom is -0.462 e. The molecule has 2 unspecified atom stereocenters. The topological polar surface area (TPSA) is 83.4 Å². The molecule has 3 rings (SSSR count). The standard InChI is InChI=1S/C25H37N3O3S/c1-24(2,3)31-25(12-15-27-16-13-25)30-20-8-10-21(11-9-20)32-18-19-6-4-5-7-22(19)23(29)28-17-14-26/h8-11,19,22,27H,4-7,12-13,15-18H2,1-3H3,(H,28,29). The van der Waals surface area contributed by atoms with Gasteiger partial charge in [0.2, 0.25) is 11.7 Å². The second kappa shape index (κ2) is 11.4. The molecular weight excluding hydrogens is 422 g/mol. The van der Waals surface area contributed by atoms with Gasteiger partial charge in [0.25, 0.3) is 0 Å². The first kappa shape index (κ1) is 24.9. The smallest absolute Gasteiger partial charge is 0.224 e. The van der Waals surface area contributed by atoms with E-state index in [0.29, 0.717) is 5.92 Å². The van der Waals surface area contributed by atoms with Crippen LogP contribution in [0.5, 0.6) is 5.75 Å². The number of benzene rings is 1. The van der Waals surface area contributed by atoms with Crippen LogP contribution in [0.4, 0.5) is 0 Å². The number of hydrogen-bond donors (Lipinski definition) is 2. The van der Waals surface area contributed by atoms with Gasteiger partial charge in [0.05, 0.1) is 11.7 Å². The average molecular weight is 460 g/mol. The van der Waals surface area contributed by atoms with E-state index in [4.69, 9.17) is 14.7 Å². The van der Waals surface area contributed by atoms with Crippen LogP contribution in [0.15, 0.2) is 29.2 Å². The Morgan fingerprint density at radius 2 is 1.91 bits per heavy atom. The molecule has 7 heteroatoms. The van der Waals surface area contributed by atoms with Crippen molar-refractivity contribution in [2.45, 2.75) is 75.6 Å². The summed E-state index contributed by atoms with van der Waals surface area (Å²) in [5.41, 5.74) is -0.275. The van der Waals surface area contributed by atoms with E-state index in [1.807, 2.05) is 18.2 Å². The van der Waals surface area contributed by atoms with Crippen molar-refractivity contribution in [3.8, 4) is 11.8 Å². The SMILES string of the molecule is CC(C)(C)OC1(Oc2ccc(SCC3CCCCC3C(=O)NCC#N)cc2)CCNCC1. The van der Waals surface area contributed by atoms with Gasteiger partial charge in [-0.05, 0) is 63.8 Å². The molecule has 6 nitrogen and oxygen atoms in total. The lowest BCUT2D eigenvalue weighted by Gasteiger charge is -2.42. The number of nitriles is 1. The highest BCUT2D eigenvalue weighted by atomic mass is 32.2. The summed E-state index contributed by atoms with van der Waals surface area (Å²) in [6.07, 6.45) is 5.88. The monoisotopic (exact) mass is 459 g/mol. The molecule has 32 heavy (non-hydrogen) atoms. The minimum absolute atomic E-state index is 0.0153. The number of ether oxygens (including phenoxy) is 2. The summed E-state index contributed by atoms with van der Waals surface area (Å²) < 4.78 is 12.8. The maximum absolute atomic E-state index is 12.4. The Kier molecular flexibility index (Phi) is 8.87. The molecule has 1 saturated carbocycles. The fraction of sp³-hybridized carbons (Fsp3) is 0.680. The second-order valence-corrected chi connectivity index (χ2v) is 10.9. The van der Waals surface area contributed by atoms with Gasteiger partial charge in [0.1, 0.15) is 12.3 Å². The Morgan fingerprint density at radius 1 is 1.22 bits per heavy atom. The lowest BCUT2D eigenvalue weighted by Crippen LogP contribution is -2.51. The van der Waals surface area contributed by atoms with Crippen LogP contribution in [-0.4, -0.2) is 42.7 Å². The lowest BCUT2D eigenvalue weighted by molar-refractivity contribution is -0.246. The first-order valence-corrected chi connectivity index (χ1v) is 12.8. The van der Waals surface area contributed by atoms with Crippen molar-refractivity contribution < 1.29 is 14.3 Å². The number of piperidine rings is 1. The normalized spacial score (nSPS) is 23.2.